The molecule has 5 heteroatoms. The zero-order valence-electron chi connectivity index (χ0n) is 17.2. The van der Waals surface area contributed by atoms with Crippen LogP contribution in [0.1, 0.15) is 49.2 Å². The third-order valence-electron chi connectivity index (χ3n) is 5.51. The van der Waals surface area contributed by atoms with Gasteiger partial charge in [-0.2, -0.15) is 0 Å². The fourth-order valence-corrected chi connectivity index (χ4v) is 3.93. The van der Waals surface area contributed by atoms with Gasteiger partial charge in [0.05, 0.1) is 6.54 Å². The van der Waals surface area contributed by atoms with E-state index in [2.05, 4.69) is 23.3 Å². The summed E-state index contributed by atoms with van der Waals surface area (Å²) in [6, 6.07) is 12.6. The van der Waals surface area contributed by atoms with Crippen LogP contribution in [0.25, 0.3) is 0 Å². The molecule has 3 rings (SSSR count). The fraction of sp³-hybridized carbons (Fsp3) is 0.565. The maximum Gasteiger partial charge on any atom is 0.123 e. The molecule has 1 aliphatic rings. The Kier molecular flexibility index (Phi) is 7.95. The van der Waals surface area contributed by atoms with Crippen LogP contribution >= 0.6 is 0 Å². The van der Waals surface area contributed by atoms with E-state index in [-0.39, 0.29) is 0 Å². The maximum absolute atomic E-state index is 10.4. The molecule has 1 unspecified atom stereocenters. The standard InChI is InChI=1S/C23H34N2O3/c1-18-12-13-22(28-18)15-24-14-19-8-6-7-11-23(19)27-17-21(26)16-25(2)20-9-4-3-5-10-20/h6-8,11-13,20-21,24,26H,3-5,9-10,14-17H2,1-2H3. The highest BCUT2D eigenvalue weighted by molar-refractivity contribution is 5.33. The predicted octanol–water partition coefficient (Wildman–Crippen LogP) is 3.88. The van der Waals surface area contributed by atoms with Crippen molar-refractivity contribution in [2.24, 2.45) is 0 Å². The van der Waals surface area contributed by atoms with E-state index in [1.165, 1.54) is 32.1 Å². The number of rotatable bonds is 10. The Hall–Kier alpha value is -1.82. The lowest BCUT2D eigenvalue weighted by atomic mass is 9.94. The summed E-state index contributed by atoms with van der Waals surface area (Å²) in [5, 5.41) is 13.8. The molecular weight excluding hydrogens is 352 g/mol. The molecule has 1 aromatic carbocycles. The van der Waals surface area contributed by atoms with Crippen molar-refractivity contribution in [3.63, 3.8) is 0 Å². The molecule has 1 fully saturated rings. The second kappa shape index (κ2) is 10.6. The Morgan fingerprint density at radius 1 is 1.14 bits per heavy atom. The van der Waals surface area contributed by atoms with Gasteiger partial charge in [-0.1, -0.05) is 37.5 Å². The lowest BCUT2D eigenvalue weighted by Crippen LogP contribution is -2.40. The number of furan rings is 1. The average molecular weight is 387 g/mol. The van der Waals surface area contributed by atoms with Gasteiger partial charge in [-0.05, 0) is 45.0 Å². The highest BCUT2D eigenvalue weighted by Gasteiger charge is 2.20. The summed E-state index contributed by atoms with van der Waals surface area (Å²) in [6.45, 7) is 4.28. The molecule has 0 saturated heterocycles. The van der Waals surface area contributed by atoms with Gasteiger partial charge in [0.15, 0.2) is 0 Å². The summed E-state index contributed by atoms with van der Waals surface area (Å²) in [6.07, 6.45) is 5.96. The van der Waals surface area contributed by atoms with Gasteiger partial charge in [0.1, 0.15) is 30.0 Å². The molecule has 5 nitrogen and oxygen atoms in total. The van der Waals surface area contributed by atoms with Crippen LogP contribution in [-0.2, 0) is 13.1 Å². The second-order valence-electron chi connectivity index (χ2n) is 7.92. The number of nitrogens with one attached hydrogen (secondary N) is 1. The molecule has 28 heavy (non-hydrogen) atoms. The van der Waals surface area contributed by atoms with Crippen LogP contribution in [0.15, 0.2) is 40.8 Å². The third-order valence-corrected chi connectivity index (χ3v) is 5.51. The predicted molar refractivity (Wildman–Crippen MR) is 111 cm³/mol. The molecule has 2 aromatic rings. The Bertz CT molecular complexity index is 709. The minimum absolute atomic E-state index is 0.311. The molecule has 2 N–H and O–H groups in total. The first-order valence-electron chi connectivity index (χ1n) is 10.5. The Balaban J connectivity index is 1.44. The summed E-state index contributed by atoms with van der Waals surface area (Å²) in [5.41, 5.74) is 1.08. The Labute approximate surface area is 168 Å². The van der Waals surface area contributed by atoms with Crippen molar-refractivity contribution < 1.29 is 14.3 Å². The molecule has 0 bridgehead atoms. The van der Waals surface area contributed by atoms with E-state index in [9.17, 15) is 5.11 Å². The van der Waals surface area contributed by atoms with E-state index in [1.54, 1.807) is 0 Å². The molecule has 1 aliphatic carbocycles. The van der Waals surface area contributed by atoms with Gasteiger partial charge in [-0.25, -0.2) is 0 Å². The van der Waals surface area contributed by atoms with Crippen LogP contribution in [0.4, 0.5) is 0 Å². The molecular formula is C23H34N2O3. The number of hydrogen-bond acceptors (Lipinski definition) is 5. The lowest BCUT2D eigenvalue weighted by Gasteiger charge is -2.32. The molecule has 0 amide bonds. The van der Waals surface area contributed by atoms with Gasteiger partial charge >= 0.3 is 0 Å². The number of hydrogen-bond donors (Lipinski definition) is 2. The fourth-order valence-electron chi connectivity index (χ4n) is 3.93. The number of aryl methyl sites for hydroxylation is 1. The van der Waals surface area contributed by atoms with Crippen molar-refractivity contribution >= 4 is 0 Å². The first-order chi connectivity index (χ1) is 13.6. The topological polar surface area (TPSA) is 57.9 Å². The zero-order chi connectivity index (χ0) is 19.8. The minimum atomic E-state index is -0.487. The van der Waals surface area contributed by atoms with Gasteiger partial charge in [0.25, 0.3) is 0 Å². The van der Waals surface area contributed by atoms with E-state index in [4.69, 9.17) is 9.15 Å². The highest BCUT2D eigenvalue weighted by Crippen LogP contribution is 2.22. The average Bonchev–Trinajstić information content (AvgIpc) is 3.13. The molecule has 0 aliphatic heterocycles. The van der Waals surface area contributed by atoms with Crippen LogP contribution in [0.5, 0.6) is 5.75 Å². The summed E-state index contributed by atoms with van der Waals surface area (Å²) in [7, 11) is 2.12. The second-order valence-corrected chi connectivity index (χ2v) is 7.92. The van der Waals surface area contributed by atoms with Crippen LogP contribution in [0, 0.1) is 6.92 Å². The largest absolute Gasteiger partial charge is 0.491 e. The van der Waals surface area contributed by atoms with Gasteiger partial charge in [0, 0.05) is 24.7 Å². The zero-order valence-corrected chi connectivity index (χ0v) is 17.2. The SMILES string of the molecule is Cc1ccc(CNCc2ccccc2OCC(O)CN(C)C2CCCCC2)o1. The van der Waals surface area contributed by atoms with Crippen molar-refractivity contribution in [3.05, 3.63) is 53.5 Å². The number of nitrogens with zero attached hydrogens (tertiary/aromatic N) is 1. The molecule has 1 heterocycles. The third kappa shape index (κ3) is 6.36. The number of likely N-dealkylation sites (N-methyl/N-ethyl adjacent to an activating group) is 1. The van der Waals surface area contributed by atoms with Crippen molar-refractivity contribution in [2.45, 2.75) is 64.3 Å². The number of ether oxygens (including phenoxy) is 1. The van der Waals surface area contributed by atoms with Gasteiger partial charge in [-0.15, -0.1) is 0 Å². The quantitative estimate of drug-likeness (QED) is 0.649. The van der Waals surface area contributed by atoms with Crippen molar-refractivity contribution in [1.29, 1.82) is 0 Å². The van der Waals surface area contributed by atoms with Crippen LogP contribution in [0.2, 0.25) is 0 Å². The highest BCUT2D eigenvalue weighted by atomic mass is 16.5. The lowest BCUT2D eigenvalue weighted by molar-refractivity contribution is 0.0558. The summed E-state index contributed by atoms with van der Waals surface area (Å²) in [4.78, 5) is 2.30. The van der Waals surface area contributed by atoms with Crippen LogP contribution in [0.3, 0.4) is 0 Å². The molecule has 1 saturated carbocycles. The van der Waals surface area contributed by atoms with E-state index >= 15 is 0 Å². The number of benzene rings is 1. The van der Waals surface area contributed by atoms with E-state index in [0.717, 1.165) is 22.8 Å². The number of para-hydroxylation sites is 1. The van der Waals surface area contributed by atoms with E-state index in [1.807, 2.05) is 37.3 Å². The minimum Gasteiger partial charge on any atom is -0.491 e. The molecule has 0 spiro atoms. The maximum atomic E-state index is 10.4. The first-order valence-corrected chi connectivity index (χ1v) is 10.5. The van der Waals surface area contributed by atoms with Crippen LogP contribution in [-0.4, -0.2) is 42.4 Å². The van der Waals surface area contributed by atoms with Gasteiger partial charge < -0.3 is 24.5 Å². The normalized spacial score (nSPS) is 16.4. The summed E-state index contributed by atoms with van der Waals surface area (Å²) < 4.78 is 11.5. The Morgan fingerprint density at radius 2 is 1.93 bits per heavy atom. The number of aliphatic hydroxyl groups is 1. The van der Waals surface area contributed by atoms with Crippen molar-refractivity contribution in [2.75, 3.05) is 20.2 Å². The van der Waals surface area contributed by atoms with E-state index < -0.39 is 6.10 Å². The molecule has 154 valence electrons. The number of aliphatic hydroxyl groups excluding tert-OH is 1. The van der Waals surface area contributed by atoms with Gasteiger partial charge in [-0.3, -0.25) is 0 Å². The smallest absolute Gasteiger partial charge is 0.123 e. The van der Waals surface area contributed by atoms with Crippen LogP contribution < -0.4 is 10.1 Å². The molecule has 0 radical (unpaired) electrons. The Morgan fingerprint density at radius 3 is 2.68 bits per heavy atom. The summed E-state index contributed by atoms with van der Waals surface area (Å²) >= 11 is 0. The van der Waals surface area contributed by atoms with Crippen molar-refractivity contribution in [3.8, 4) is 5.75 Å². The first kappa shape index (κ1) is 20.9. The van der Waals surface area contributed by atoms with Gasteiger partial charge in [0.2, 0.25) is 0 Å². The summed E-state index contributed by atoms with van der Waals surface area (Å²) in [5.74, 6) is 2.68. The molecule has 1 aromatic heterocycles. The van der Waals surface area contributed by atoms with E-state index in [0.29, 0.717) is 32.3 Å². The van der Waals surface area contributed by atoms with Crippen molar-refractivity contribution in [1.82, 2.24) is 10.2 Å². The molecule has 1 atom stereocenters. The monoisotopic (exact) mass is 386 g/mol.